The molecule has 1 heterocycles. The van der Waals surface area contributed by atoms with Gasteiger partial charge in [-0.25, -0.2) is 0 Å². The zero-order chi connectivity index (χ0) is 7.66. The summed E-state index contributed by atoms with van der Waals surface area (Å²) in [6.07, 6.45) is 9.83. The van der Waals surface area contributed by atoms with Crippen molar-refractivity contribution in [2.45, 2.75) is 0 Å². The van der Waals surface area contributed by atoms with E-state index in [1.165, 1.54) is 0 Å². The van der Waals surface area contributed by atoms with Crippen LogP contribution in [0, 0.1) is 0 Å². The van der Waals surface area contributed by atoms with Crippen LogP contribution in [0.4, 0.5) is 0 Å². The molecular formula is C8H10N2. The minimum absolute atomic E-state index is 1.64. The van der Waals surface area contributed by atoms with Gasteiger partial charge in [0.15, 0.2) is 0 Å². The lowest BCUT2D eigenvalue weighted by molar-refractivity contribution is 1.20. The van der Waals surface area contributed by atoms with Crippen LogP contribution < -0.4 is 0 Å². The van der Waals surface area contributed by atoms with Crippen molar-refractivity contribution in [3.8, 4) is 0 Å². The number of allylic oxidation sites excluding steroid dienone is 2. The zero-order valence-electron chi connectivity index (χ0n) is 5.77. The quantitative estimate of drug-likeness (QED) is 0.547. The molecule has 0 aromatic carbocycles. The molecule has 0 fully saturated rings. The first-order chi connectivity index (χ1) is 4.91. The molecule has 2 heteroatoms. The molecule has 0 aliphatic carbocycles. The molecule has 52 valence electrons. The number of hydrogen-bond acceptors (Lipinski definition) is 2. The third-order valence-electron chi connectivity index (χ3n) is 0.644. The van der Waals surface area contributed by atoms with Crippen LogP contribution in [-0.2, 0) is 0 Å². The van der Waals surface area contributed by atoms with Crippen molar-refractivity contribution in [2.24, 2.45) is 0 Å². The molecule has 1 aromatic heterocycles. The maximum Gasteiger partial charge on any atom is 0.0451 e. The fraction of sp³-hybridized carbons (Fsp3) is 0. The van der Waals surface area contributed by atoms with Gasteiger partial charge in [-0.1, -0.05) is 25.3 Å². The van der Waals surface area contributed by atoms with Crippen LogP contribution in [0.25, 0.3) is 0 Å². The molecule has 0 saturated carbocycles. The summed E-state index contributed by atoms with van der Waals surface area (Å²) >= 11 is 0. The molecule has 0 amide bonds. The Morgan fingerprint density at radius 1 is 0.800 bits per heavy atom. The number of aromatic nitrogens is 2. The normalized spacial score (nSPS) is 6.80. The summed E-state index contributed by atoms with van der Waals surface area (Å²) in [6.45, 7) is 6.72. The highest BCUT2D eigenvalue weighted by atomic mass is 14.7. The topological polar surface area (TPSA) is 25.8 Å². The van der Waals surface area contributed by atoms with Crippen LogP contribution in [-0.4, -0.2) is 9.97 Å². The molecule has 1 aromatic rings. The Kier molecular flexibility index (Phi) is 6.47. The van der Waals surface area contributed by atoms with Gasteiger partial charge in [0.1, 0.15) is 0 Å². The molecule has 0 saturated heterocycles. The van der Waals surface area contributed by atoms with Crippen molar-refractivity contribution >= 4 is 0 Å². The standard InChI is InChI=1S/C4H4N2.C4H6/c1-2-6-4-3-5-1;1-3-4-2/h1-4H;3-4H,1-2H2. The molecule has 1 rings (SSSR count). The maximum absolute atomic E-state index is 3.72. The summed E-state index contributed by atoms with van der Waals surface area (Å²) in [7, 11) is 0. The summed E-state index contributed by atoms with van der Waals surface area (Å²) < 4.78 is 0. The van der Waals surface area contributed by atoms with E-state index in [-0.39, 0.29) is 0 Å². The highest BCUT2D eigenvalue weighted by Gasteiger charge is 1.59. The fourth-order valence-corrected chi connectivity index (χ4v) is 0.253. The predicted molar refractivity (Wildman–Crippen MR) is 42.4 cm³/mol. The molecule has 0 N–H and O–H groups in total. The van der Waals surface area contributed by atoms with Gasteiger partial charge in [0, 0.05) is 24.8 Å². The Labute approximate surface area is 61.0 Å². The average molecular weight is 134 g/mol. The van der Waals surface area contributed by atoms with E-state index < -0.39 is 0 Å². The van der Waals surface area contributed by atoms with Crippen LogP contribution in [0.5, 0.6) is 0 Å². The van der Waals surface area contributed by atoms with E-state index in [0.29, 0.717) is 0 Å². The van der Waals surface area contributed by atoms with Gasteiger partial charge in [0.25, 0.3) is 0 Å². The minimum atomic E-state index is 1.64. The van der Waals surface area contributed by atoms with Gasteiger partial charge in [0.05, 0.1) is 0 Å². The van der Waals surface area contributed by atoms with Gasteiger partial charge in [0.2, 0.25) is 0 Å². The van der Waals surface area contributed by atoms with Crippen LogP contribution in [0.15, 0.2) is 50.1 Å². The van der Waals surface area contributed by atoms with E-state index in [2.05, 4.69) is 23.1 Å². The lowest BCUT2D eigenvalue weighted by Gasteiger charge is -1.70. The molecule has 0 bridgehead atoms. The predicted octanol–water partition coefficient (Wildman–Crippen LogP) is 1.83. The number of hydrogen-bond donors (Lipinski definition) is 0. The van der Waals surface area contributed by atoms with E-state index in [4.69, 9.17) is 0 Å². The van der Waals surface area contributed by atoms with E-state index in [0.717, 1.165) is 0 Å². The average Bonchev–Trinajstić information content (AvgIpc) is 2.08. The Bertz CT molecular complexity index is 137. The third-order valence-corrected chi connectivity index (χ3v) is 0.644. The first-order valence-corrected chi connectivity index (χ1v) is 2.85. The van der Waals surface area contributed by atoms with Gasteiger partial charge in [-0.05, 0) is 0 Å². The summed E-state index contributed by atoms with van der Waals surface area (Å²) in [5.41, 5.74) is 0. The second kappa shape index (κ2) is 7.56. The largest absolute Gasteiger partial charge is 0.262 e. The van der Waals surface area contributed by atoms with Crippen molar-refractivity contribution in [1.29, 1.82) is 0 Å². The minimum Gasteiger partial charge on any atom is -0.262 e. The summed E-state index contributed by atoms with van der Waals surface area (Å²) in [5, 5.41) is 0. The molecule has 0 radical (unpaired) electrons. The maximum atomic E-state index is 3.72. The van der Waals surface area contributed by atoms with E-state index in [1.54, 1.807) is 36.9 Å². The van der Waals surface area contributed by atoms with Crippen molar-refractivity contribution in [2.75, 3.05) is 0 Å². The van der Waals surface area contributed by atoms with Crippen molar-refractivity contribution in [3.63, 3.8) is 0 Å². The van der Waals surface area contributed by atoms with Crippen LogP contribution in [0.2, 0.25) is 0 Å². The van der Waals surface area contributed by atoms with Crippen molar-refractivity contribution in [1.82, 2.24) is 9.97 Å². The first-order valence-electron chi connectivity index (χ1n) is 2.85. The Morgan fingerprint density at radius 2 is 1.10 bits per heavy atom. The highest BCUT2D eigenvalue weighted by Crippen LogP contribution is 1.65. The van der Waals surface area contributed by atoms with Gasteiger partial charge in [-0.15, -0.1) is 0 Å². The highest BCUT2D eigenvalue weighted by molar-refractivity contribution is 4.88. The van der Waals surface area contributed by atoms with Crippen molar-refractivity contribution < 1.29 is 0 Å². The lowest BCUT2D eigenvalue weighted by Crippen LogP contribution is -1.66. The molecule has 2 nitrogen and oxygen atoms in total. The second-order valence-electron chi connectivity index (χ2n) is 1.37. The van der Waals surface area contributed by atoms with Gasteiger partial charge < -0.3 is 0 Å². The van der Waals surface area contributed by atoms with Crippen LogP contribution in [0.3, 0.4) is 0 Å². The smallest absolute Gasteiger partial charge is 0.0451 e. The Hall–Kier alpha value is -1.44. The van der Waals surface area contributed by atoms with Crippen molar-refractivity contribution in [3.05, 3.63) is 50.1 Å². The van der Waals surface area contributed by atoms with Gasteiger partial charge in [-0.3, -0.25) is 9.97 Å². The van der Waals surface area contributed by atoms with Gasteiger partial charge in [-0.2, -0.15) is 0 Å². The molecule has 0 unspecified atom stereocenters. The lowest BCUT2D eigenvalue weighted by atomic mass is 10.6. The molecule has 0 aliphatic rings. The molecule has 0 aliphatic heterocycles. The molecular weight excluding hydrogens is 124 g/mol. The van der Waals surface area contributed by atoms with E-state index in [1.807, 2.05) is 0 Å². The van der Waals surface area contributed by atoms with E-state index in [9.17, 15) is 0 Å². The first kappa shape index (κ1) is 8.56. The Balaban J connectivity index is 0.000000180. The number of rotatable bonds is 1. The summed E-state index contributed by atoms with van der Waals surface area (Å²) in [6, 6.07) is 0. The molecule has 0 atom stereocenters. The van der Waals surface area contributed by atoms with Crippen LogP contribution in [0.1, 0.15) is 0 Å². The van der Waals surface area contributed by atoms with E-state index >= 15 is 0 Å². The van der Waals surface area contributed by atoms with Gasteiger partial charge >= 0.3 is 0 Å². The summed E-state index contributed by atoms with van der Waals surface area (Å²) in [5.74, 6) is 0. The zero-order valence-corrected chi connectivity index (χ0v) is 5.77. The monoisotopic (exact) mass is 134 g/mol. The number of nitrogens with zero attached hydrogens (tertiary/aromatic N) is 2. The Morgan fingerprint density at radius 3 is 1.20 bits per heavy atom. The van der Waals surface area contributed by atoms with Crippen LogP contribution >= 0.6 is 0 Å². The fourth-order valence-electron chi connectivity index (χ4n) is 0.253. The SMILES string of the molecule is C=CC=C.c1cnccn1. The molecule has 10 heavy (non-hydrogen) atoms. The molecule has 0 spiro atoms. The summed E-state index contributed by atoms with van der Waals surface area (Å²) in [4.78, 5) is 7.44. The second-order valence-corrected chi connectivity index (χ2v) is 1.37. The third kappa shape index (κ3) is 6.56.